The number of ether oxygens (including phenoxy) is 1. The summed E-state index contributed by atoms with van der Waals surface area (Å²) >= 11 is 0. The Bertz CT molecular complexity index is 726. The van der Waals surface area contributed by atoms with Gasteiger partial charge in [-0.25, -0.2) is 4.98 Å². The minimum absolute atomic E-state index is 0. The number of carbonyl (C=O) groups excluding carboxylic acids is 1. The van der Waals surface area contributed by atoms with E-state index in [1.54, 1.807) is 13.2 Å². The molecule has 1 atom stereocenters. The van der Waals surface area contributed by atoms with Crippen LogP contribution in [0.5, 0.6) is 5.75 Å². The molecule has 2 aromatic rings. The minimum Gasteiger partial charge on any atom is -0.497 e. The Labute approximate surface area is 154 Å². The standard InChI is InChI=1S/C17H21N3O2.2ClH/c1-17(10-18)7-8-20(11-17)16(21)15-5-3-12-9-13(22-2)4-6-14(12)19-15;;/h3-6,9H,7-8,10-11,18H2,1-2H3;2*1H. The van der Waals surface area contributed by atoms with Crippen molar-refractivity contribution in [3.8, 4) is 5.75 Å². The maximum Gasteiger partial charge on any atom is 0.272 e. The highest BCUT2D eigenvalue weighted by Gasteiger charge is 2.35. The molecular formula is C17H23Cl2N3O2. The number of likely N-dealkylation sites (tertiary alicyclic amines) is 1. The number of fused-ring (bicyclic) bond motifs is 1. The fraction of sp³-hybridized carbons (Fsp3) is 0.412. The monoisotopic (exact) mass is 371 g/mol. The predicted octanol–water partition coefficient (Wildman–Crippen LogP) is 2.90. The van der Waals surface area contributed by atoms with Crippen LogP contribution >= 0.6 is 24.8 Å². The number of halogens is 2. The molecule has 3 rings (SSSR count). The Morgan fingerprint density at radius 2 is 2.08 bits per heavy atom. The van der Waals surface area contributed by atoms with Gasteiger partial charge in [-0.3, -0.25) is 4.79 Å². The van der Waals surface area contributed by atoms with Gasteiger partial charge in [0.2, 0.25) is 0 Å². The summed E-state index contributed by atoms with van der Waals surface area (Å²) in [5.74, 6) is 0.765. The van der Waals surface area contributed by atoms with Crippen molar-refractivity contribution in [1.29, 1.82) is 0 Å². The molecule has 7 heteroatoms. The second-order valence-corrected chi connectivity index (χ2v) is 6.25. The Morgan fingerprint density at radius 1 is 1.33 bits per heavy atom. The lowest BCUT2D eigenvalue weighted by Gasteiger charge is -2.22. The minimum atomic E-state index is -0.0186. The van der Waals surface area contributed by atoms with Crippen molar-refractivity contribution in [3.63, 3.8) is 0 Å². The van der Waals surface area contributed by atoms with Crippen molar-refractivity contribution in [2.75, 3.05) is 26.7 Å². The summed E-state index contributed by atoms with van der Waals surface area (Å²) in [7, 11) is 1.63. The van der Waals surface area contributed by atoms with E-state index in [0.717, 1.165) is 29.6 Å². The van der Waals surface area contributed by atoms with E-state index in [0.29, 0.717) is 18.8 Å². The number of hydrogen-bond donors (Lipinski definition) is 1. The second kappa shape index (κ2) is 8.01. The van der Waals surface area contributed by atoms with Crippen LogP contribution in [0, 0.1) is 5.41 Å². The molecule has 1 aromatic carbocycles. The molecule has 0 spiro atoms. The number of pyridine rings is 1. The van der Waals surface area contributed by atoms with Crippen molar-refractivity contribution in [3.05, 3.63) is 36.0 Å². The van der Waals surface area contributed by atoms with E-state index in [1.165, 1.54) is 0 Å². The Kier molecular flexibility index (Phi) is 6.84. The molecule has 0 saturated carbocycles. The van der Waals surface area contributed by atoms with E-state index in [4.69, 9.17) is 10.5 Å². The number of hydrogen-bond acceptors (Lipinski definition) is 4. The molecule has 0 bridgehead atoms. The van der Waals surface area contributed by atoms with E-state index in [1.807, 2.05) is 29.2 Å². The van der Waals surface area contributed by atoms with Crippen molar-refractivity contribution in [2.45, 2.75) is 13.3 Å². The number of rotatable bonds is 3. The maximum absolute atomic E-state index is 12.6. The first-order chi connectivity index (χ1) is 10.5. The summed E-state index contributed by atoms with van der Waals surface area (Å²) in [4.78, 5) is 19.0. The second-order valence-electron chi connectivity index (χ2n) is 6.25. The van der Waals surface area contributed by atoms with Crippen LogP contribution in [-0.4, -0.2) is 42.5 Å². The highest BCUT2D eigenvalue weighted by molar-refractivity contribution is 5.95. The zero-order chi connectivity index (χ0) is 15.7. The van der Waals surface area contributed by atoms with E-state index in [-0.39, 0.29) is 36.1 Å². The molecule has 2 N–H and O–H groups in total. The van der Waals surface area contributed by atoms with Crippen molar-refractivity contribution < 1.29 is 9.53 Å². The van der Waals surface area contributed by atoms with Crippen molar-refractivity contribution >= 4 is 41.6 Å². The normalized spacial score (nSPS) is 19.5. The average molecular weight is 372 g/mol. The van der Waals surface area contributed by atoms with Gasteiger partial charge in [-0.1, -0.05) is 13.0 Å². The first kappa shape index (κ1) is 20.5. The number of aromatic nitrogens is 1. The number of amides is 1. The number of nitrogens with two attached hydrogens (primary N) is 1. The SMILES string of the molecule is COc1ccc2nc(C(=O)N3CCC(C)(CN)C3)ccc2c1.Cl.Cl. The third kappa shape index (κ3) is 3.91. The topological polar surface area (TPSA) is 68.5 Å². The number of methoxy groups -OCH3 is 1. The highest BCUT2D eigenvalue weighted by Crippen LogP contribution is 2.29. The van der Waals surface area contributed by atoms with Crippen LogP contribution < -0.4 is 10.5 Å². The van der Waals surface area contributed by atoms with E-state index >= 15 is 0 Å². The summed E-state index contributed by atoms with van der Waals surface area (Å²) in [5.41, 5.74) is 7.12. The molecule has 1 aliphatic rings. The highest BCUT2D eigenvalue weighted by atomic mass is 35.5. The van der Waals surface area contributed by atoms with Crippen LogP contribution in [0.1, 0.15) is 23.8 Å². The van der Waals surface area contributed by atoms with Crippen LogP contribution in [0.4, 0.5) is 0 Å². The maximum atomic E-state index is 12.6. The third-order valence-electron chi connectivity index (χ3n) is 4.45. The summed E-state index contributed by atoms with van der Waals surface area (Å²) in [6, 6.07) is 9.33. The summed E-state index contributed by atoms with van der Waals surface area (Å²) in [5, 5.41) is 0.962. The number of carbonyl (C=O) groups is 1. The van der Waals surface area contributed by atoms with Crippen molar-refractivity contribution in [2.24, 2.45) is 11.1 Å². The zero-order valence-electron chi connectivity index (χ0n) is 13.8. The van der Waals surface area contributed by atoms with Gasteiger partial charge < -0.3 is 15.4 Å². The quantitative estimate of drug-likeness (QED) is 0.900. The van der Waals surface area contributed by atoms with Gasteiger partial charge in [-0.2, -0.15) is 0 Å². The molecular weight excluding hydrogens is 349 g/mol. The van der Waals surface area contributed by atoms with Gasteiger partial charge in [-0.15, -0.1) is 24.8 Å². The van der Waals surface area contributed by atoms with E-state index in [9.17, 15) is 4.79 Å². The number of benzene rings is 1. The molecule has 1 unspecified atom stereocenters. The van der Waals surface area contributed by atoms with Gasteiger partial charge in [0.05, 0.1) is 12.6 Å². The first-order valence-corrected chi connectivity index (χ1v) is 7.49. The number of nitrogens with zero attached hydrogens (tertiary/aromatic N) is 2. The zero-order valence-corrected chi connectivity index (χ0v) is 15.5. The van der Waals surface area contributed by atoms with Gasteiger partial charge in [0.15, 0.2) is 0 Å². The molecule has 1 saturated heterocycles. The molecule has 24 heavy (non-hydrogen) atoms. The van der Waals surface area contributed by atoms with Gasteiger partial charge in [0.25, 0.3) is 5.91 Å². The van der Waals surface area contributed by atoms with Crippen LogP contribution in [0.3, 0.4) is 0 Å². The molecule has 1 aromatic heterocycles. The molecule has 2 heterocycles. The van der Waals surface area contributed by atoms with Gasteiger partial charge in [0, 0.05) is 18.5 Å². The molecule has 5 nitrogen and oxygen atoms in total. The Morgan fingerprint density at radius 3 is 2.71 bits per heavy atom. The lowest BCUT2D eigenvalue weighted by atomic mass is 9.90. The van der Waals surface area contributed by atoms with E-state index in [2.05, 4.69) is 11.9 Å². The molecule has 0 aliphatic carbocycles. The summed E-state index contributed by atoms with van der Waals surface area (Å²) in [6.07, 6.45) is 0.944. The van der Waals surface area contributed by atoms with Crippen molar-refractivity contribution in [1.82, 2.24) is 9.88 Å². The lowest BCUT2D eigenvalue weighted by molar-refractivity contribution is 0.0771. The fourth-order valence-electron chi connectivity index (χ4n) is 2.88. The van der Waals surface area contributed by atoms with Gasteiger partial charge in [-0.05, 0) is 42.6 Å². The molecule has 132 valence electrons. The van der Waals surface area contributed by atoms with Crippen LogP contribution in [0.15, 0.2) is 30.3 Å². The van der Waals surface area contributed by atoms with Gasteiger partial charge in [0.1, 0.15) is 11.4 Å². The predicted molar refractivity (Wildman–Crippen MR) is 100 cm³/mol. The smallest absolute Gasteiger partial charge is 0.272 e. The summed E-state index contributed by atoms with van der Waals surface area (Å²) in [6.45, 7) is 4.17. The Hall–Kier alpha value is -1.56. The molecule has 0 radical (unpaired) electrons. The molecule has 1 aliphatic heterocycles. The fourth-order valence-corrected chi connectivity index (χ4v) is 2.88. The molecule has 1 fully saturated rings. The third-order valence-corrected chi connectivity index (χ3v) is 4.45. The van der Waals surface area contributed by atoms with Crippen LogP contribution in [-0.2, 0) is 0 Å². The molecule has 1 amide bonds. The first-order valence-electron chi connectivity index (χ1n) is 7.49. The summed E-state index contributed by atoms with van der Waals surface area (Å²) < 4.78 is 5.20. The average Bonchev–Trinajstić information content (AvgIpc) is 2.96. The lowest BCUT2D eigenvalue weighted by Crippen LogP contribution is -2.34. The van der Waals surface area contributed by atoms with Crippen LogP contribution in [0.25, 0.3) is 10.9 Å². The van der Waals surface area contributed by atoms with E-state index < -0.39 is 0 Å². The van der Waals surface area contributed by atoms with Gasteiger partial charge >= 0.3 is 0 Å². The largest absolute Gasteiger partial charge is 0.497 e. The van der Waals surface area contributed by atoms with Crippen LogP contribution in [0.2, 0.25) is 0 Å². The Balaban J connectivity index is 0.00000144.